The Labute approximate surface area is 120 Å². The number of hydrogen-bond acceptors (Lipinski definition) is 2. The Balaban J connectivity index is 1.96. The monoisotopic (exact) mass is 274 g/mol. The van der Waals surface area contributed by atoms with Crippen molar-refractivity contribution in [1.82, 2.24) is 0 Å². The van der Waals surface area contributed by atoms with Gasteiger partial charge in [-0.05, 0) is 55.2 Å². The van der Waals surface area contributed by atoms with Gasteiger partial charge in [0.2, 0.25) is 0 Å². The Bertz CT molecular complexity index is 456. The van der Waals surface area contributed by atoms with E-state index in [1.807, 2.05) is 12.1 Å². The number of benzene rings is 1. The molecule has 0 bridgehead atoms. The number of methoxy groups -OCH3 is 1. The van der Waals surface area contributed by atoms with E-state index in [4.69, 9.17) is 4.74 Å². The molecule has 1 aliphatic rings. The summed E-state index contributed by atoms with van der Waals surface area (Å²) in [4.78, 5) is 11.2. The molecule has 1 aromatic carbocycles. The van der Waals surface area contributed by atoms with Gasteiger partial charge in [0.05, 0.1) is 13.0 Å². The maximum absolute atomic E-state index is 11.2. The van der Waals surface area contributed by atoms with Crippen molar-refractivity contribution in [2.45, 2.75) is 31.6 Å². The highest BCUT2D eigenvalue weighted by molar-refractivity contribution is 5.72. The van der Waals surface area contributed by atoms with Gasteiger partial charge in [0.1, 0.15) is 5.75 Å². The fraction of sp³-hybridized carbons (Fsp3) is 0.471. The minimum Gasteiger partial charge on any atom is -0.497 e. The Morgan fingerprint density at radius 3 is 2.35 bits per heavy atom. The largest absolute Gasteiger partial charge is 0.497 e. The summed E-state index contributed by atoms with van der Waals surface area (Å²) in [5, 5.41) is 9.18. The van der Waals surface area contributed by atoms with Crippen molar-refractivity contribution in [3.8, 4) is 5.75 Å². The lowest BCUT2D eigenvalue weighted by Gasteiger charge is -2.31. The SMILES string of the molecule is C=CC(C(=O)O)[C@H]1CC[C@H](c2ccc(OC)cc2)CC1. The van der Waals surface area contributed by atoms with Crippen LogP contribution in [0.2, 0.25) is 0 Å². The molecule has 1 N–H and O–H groups in total. The first kappa shape index (κ1) is 14.6. The van der Waals surface area contributed by atoms with E-state index < -0.39 is 11.9 Å². The Morgan fingerprint density at radius 2 is 1.90 bits per heavy atom. The lowest BCUT2D eigenvalue weighted by atomic mass is 9.74. The summed E-state index contributed by atoms with van der Waals surface area (Å²) in [6.07, 6.45) is 5.60. The van der Waals surface area contributed by atoms with E-state index in [-0.39, 0.29) is 5.92 Å². The zero-order chi connectivity index (χ0) is 14.5. The van der Waals surface area contributed by atoms with Gasteiger partial charge >= 0.3 is 5.97 Å². The maximum atomic E-state index is 11.2. The fourth-order valence-electron chi connectivity index (χ4n) is 3.18. The number of ether oxygens (including phenoxy) is 1. The number of hydrogen-bond donors (Lipinski definition) is 1. The molecule has 1 saturated carbocycles. The van der Waals surface area contributed by atoms with Crippen LogP contribution < -0.4 is 4.74 Å². The van der Waals surface area contributed by atoms with Gasteiger partial charge < -0.3 is 9.84 Å². The third-order valence-corrected chi connectivity index (χ3v) is 4.41. The van der Waals surface area contributed by atoms with Crippen molar-refractivity contribution in [2.24, 2.45) is 11.8 Å². The predicted molar refractivity (Wildman–Crippen MR) is 79.0 cm³/mol. The van der Waals surface area contributed by atoms with Gasteiger partial charge in [-0.15, -0.1) is 6.58 Å². The topological polar surface area (TPSA) is 46.5 Å². The minimum absolute atomic E-state index is 0.236. The second-order valence-corrected chi connectivity index (χ2v) is 5.48. The Kier molecular flexibility index (Phi) is 4.83. The highest BCUT2D eigenvalue weighted by Gasteiger charge is 2.30. The zero-order valence-electron chi connectivity index (χ0n) is 11.9. The van der Waals surface area contributed by atoms with Crippen LogP contribution in [0.25, 0.3) is 0 Å². The highest BCUT2D eigenvalue weighted by atomic mass is 16.5. The Hall–Kier alpha value is -1.77. The third kappa shape index (κ3) is 3.21. The molecule has 0 aliphatic heterocycles. The molecule has 0 spiro atoms. The fourth-order valence-corrected chi connectivity index (χ4v) is 3.18. The van der Waals surface area contributed by atoms with E-state index in [1.54, 1.807) is 13.2 Å². The van der Waals surface area contributed by atoms with Crippen molar-refractivity contribution < 1.29 is 14.6 Å². The van der Waals surface area contributed by atoms with E-state index >= 15 is 0 Å². The van der Waals surface area contributed by atoms with Crippen LogP contribution in [0, 0.1) is 11.8 Å². The molecular formula is C17H22O3. The average molecular weight is 274 g/mol. The summed E-state index contributed by atoms with van der Waals surface area (Å²) in [7, 11) is 1.67. The van der Waals surface area contributed by atoms with Crippen LogP contribution in [-0.2, 0) is 4.79 Å². The second-order valence-electron chi connectivity index (χ2n) is 5.48. The second kappa shape index (κ2) is 6.60. The average Bonchev–Trinajstić information content (AvgIpc) is 2.48. The molecular weight excluding hydrogens is 252 g/mol. The molecule has 0 saturated heterocycles. The molecule has 2 rings (SSSR count). The lowest BCUT2D eigenvalue weighted by Crippen LogP contribution is -2.25. The summed E-state index contributed by atoms with van der Waals surface area (Å²) in [6, 6.07) is 8.22. The number of carbonyl (C=O) groups is 1. The lowest BCUT2D eigenvalue weighted by molar-refractivity contribution is -0.142. The molecule has 0 amide bonds. The molecule has 1 unspecified atom stereocenters. The molecule has 0 radical (unpaired) electrons. The number of carboxylic acids is 1. The quantitative estimate of drug-likeness (QED) is 0.829. The highest BCUT2D eigenvalue weighted by Crippen LogP contribution is 2.39. The molecule has 1 atom stereocenters. The standard InChI is InChI=1S/C17H22O3/c1-3-16(17(18)19)14-6-4-12(5-7-14)13-8-10-15(20-2)11-9-13/h3,8-12,14,16H,1,4-7H2,2H3,(H,18,19)/t12-,14-,16?. The van der Waals surface area contributed by atoms with E-state index in [0.29, 0.717) is 5.92 Å². The summed E-state index contributed by atoms with van der Waals surface area (Å²) in [5.41, 5.74) is 1.33. The van der Waals surface area contributed by atoms with Gasteiger partial charge in [0.15, 0.2) is 0 Å². The van der Waals surface area contributed by atoms with E-state index in [1.165, 1.54) is 5.56 Å². The van der Waals surface area contributed by atoms with Gasteiger partial charge in [0, 0.05) is 0 Å². The first-order valence-electron chi connectivity index (χ1n) is 7.15. The number of carboxylic acid groups (broad SMARTS) is 1. The smallest absolute Gasteiger partial charge is 0.310 e. The number of aliphatic carboxylic acids is 1. The predicted octanol–water partition coefficient (Wildman–Crippen LogP) is 3.86. The van der Waals surface area contributed by atoms with Crippen LogP contribution in [0.4, 0.5) is 0 Å². The van der Waals surface area contributed by atoms with Gasteiger partial charge in [0.25, 0.3) is 0 Å². The summed E-state index contributed by atoms with van der Waals surface area (Å²) in [5.74, 6) is 0.510. The molecule has 0 heterocycles. The van der Waals surface area contributed by atoms with Gasteiger partial charge in [-0.25, -0.2) is 0 Å². The molecule has 1 aliphatic carbocycles. The Morgan fingerprint density at radius 1 is 1.30 bits per heavy atom. The van der Waals surface area contributed by atoms with Crippen LogP contribution in [0.1, 0.15) is 37.2 Å². The van der Waals surface area contributed by atoms with Crippen molar-refractivity contribution in [1.29, 1.82) is 0 Å². The van der Waals surface area contributed by atoms with Crippen LogP contribution in [0.5, 0.6) is 5.75 Å². The summed E-state index contributed by atoms with van der Waals surface area (Å²) in [6.45, 7) is 3.66. The van der Waals surface area contributed by atoms with Gasteiger partial charge in [-0.3, -0.25) is 4.79 Å². The van der Waals surface area contributed by atoms with Crippen LogP contribution in [0.3, 0.4) is 0 Å². The van der Waals surface area contributed by atoms with Crippen molar-refractivity contribution in [3.63, 3.8) is 0 Å². The normalized spacial score (nSPS) is 23.9. The van der Waals surface area contributed by atoms with E-state index in [0.717, 1.165) is 31.4 Å². The maximum Gasteiger partial charge on any atom is 0.310 e. The molecule has 20 heavy (non-hydrogen) atoms. The van der Waals surface area contributed by atoms with Crippen LogP contribution in [0.15, 0.2) is 36.9 Å². The first-order chi connectivity index (χ1) is 9.65. The van der Waals surface area contributed by atoms with E-state index in [9.17, 15) is 9.90 Å². The summed E-state index contributed by atoms with van der Waals surface area (Å²) >= 11 is 0. The molecule has 0 aromatic heterocycles. The van der Waals surface area contributed by atoms with Gasteiger partial charge in [-0.2, -0.15) is 0 Å². The molecule has 3 heteroatoms. The molecule has 108 valence electrons. The van der Waals surface area contributed by atoms with E-state index in [2.05, 4.69) is 18.7 Å². The van der Waals surface area contributed by atoms with Crippen molar-refractivity contribution in [3.05, 3.63) is 42.5 Å². The van der Waals surface area contributed by atoms with Crippen LogP contribution >= 0.6 is 0 Å². The van der Waals surface area contributed by atoms with Crippen LogP contribution in [-0.4, -0.2) is 18.2 Å². The molecule has 1 fully saturated rings. The van der Waals surface area contributed by atoms with Gasteiger partial charge in [-0.1, -0.05) is 18.2 Å². The third-order valence-electron chi connectivity index (χ3n) is 4.41. The van der Waals surface area contributed by atoms with Crippen molar-refractivity contribution in [2.75, 3.05) is 7.11 Å². The minimum atomic E-state index is -0.743. The van der Waals surface area contributed by atoms with Crippen molar-refractivity contribution >= 4 is 5.97 Å². The zero-order valence-corrected chi connectivity index (χ0v) is 11.9. The molecule has 3 nitrogen and oxygen atoms in total. The molecule has 1 aromatic rings. The number of rotatable bonds is 5. The first-order valence-corrected chi connectivity index (χ1v) is 7.15. The summed E-state index contributed by atoms with van der Waals surface area (Å²) < 4.78 is 5.17.